The van der Waals surface area contributed by atoms with Crippen molar-refractivity contribution >= 4 is 33.6 Å². The van der Waals surface area contributed by atoms with E-state index in [-0.39, 0.29) is 23.9 Å². The molecule has 0 radical (unpaired) electrons. The molecule has 2 fully saturated rings. The van der Waals surface area contributed by atoms with Crippen LogP contribution in [0, 0.1) is 12.8 Å². The van der Waals surface area contributed by atoms with Crippen molar-refractivity contribution < 1.29 is 27.9 Å². The summed E-state index contributed by atoms with van der Waals surface area (Å²) in [6, 6.07) is 12.1. The van der Waals surface area contributed by atoms with Crippen molar-refractivity contribution in [1.29, 1.82) is 0 Å². The van der Waals surface area contributed by atoms with Crippen molar-refractivity contribution in [2.75, 3.05) is 51.6 Å². The Morgan fingerprint density at radius 1 is 0.975 bits per heavy atom. The Morgan fingerprint density at radius 3 is 2.25 bits per heavy atom. The lowest BCUT2D eigenvalue weighted by atomic mass is 9.97. The van der Waals surface area contributed by atoms with Gasteiger partial charge in [-0.1, -0.05) is 29.8 Å². The molecule has 0 saturated carbocycles. The van der Waals surface area contributed by atoms with Gasteiger partial charge >= 0.3 is 12.0 Å². The summed E-state index contributed by atoms with van der Waals surface area (Å²) in [4.78, 5) is 41.6. The number of carbonyl (C=O) groups is 3. The van der Waals surface area contributed by atoms with Crippen LogP contribution in [-0.2, 0) is 26.0 Å². The van der Waals surface area contributed by atoms with Gasteiger partial charge in [-0.2, -0.15) is 4.31 Å². The topological polar surface area (TPSA) is 139 Å². The predicted molar refractivity (Wildman–Crippen MR) is 150 cm³/mol. The fraction of sp³-hybridized carbons (Fsp3) is 0.464. The summed E-state index contributed by atoms with van der Waals surface area (Å²) in [5.74, 6) is -2.31. The van der Waals surface area contributed by atoms with Crippen LogP contribution in [0.25, 0.3) is 0 Å². The molecule has 2 aromatic rings. The normalized spacial score (nSPS) is 19.6. The highest BCUT2D eigenvalue weighted by Crippen LogP contribution is 2.24. The number of hydrogen-bond acceptors (Lipinski definition) is 6. The molecule has 2 heterocycles. The van der Waals surface area contributed by atoms with E-state index in [0.717, 1.165) is 18.7 Å². The maximum absolute atomic E-state index is 13.1. The first-order chi connectivity index (χ1) is 19.0. The molecule has 2 atom stereocenters. The molecule has 2 aromatic carbocycles. The third-order valence-corrected chi connectivity index (χ3v) is 9.34. The quantitative estimate of drug-likeness (QED) is 0.440. The van der Waals surface area contributed by atoms with Crippen molar-refractivity contribution in [3.05, 3.63) is 59.7 Å². The van der Waals surface area contributed by atoms with Gasteiger partial charge in [0, 0.05) is 51.4 Å². The van der Waals surface area contributed by atoms with Crippen molar-refractivity contribution in [2.45, 2.75) is 37.1 Å². The fourth-order valence-electron chi connectivity index (χ4n) is 4.90. The van der Waals surface area contributed by atoms with Gasteiger partial charge in [0.05, 0.1) is 10.8 Å². The number of benzene rings is 2. The van der Waals surface area contributed by atoms with Gasteiger partial charge in [0.2, 0.25) is 15.9 Å². The lowest BCUT2D eigenvalue weighted by molar-refractivity contribution is -0.142. The van der Waals surface area contributed by atoms with Crippen molar-refractivity contribution in [3.63, 3.8) is 0 Å². The first kappa shape index (κ1) is 29.5. The first-order valence-corrected chi connectivity index (χ1v) is 14.9. The minimum Gasteiger partial charge on any atom is -0.480 e. The Bertz CT molecular complexity index is 1310. The van der Waals surface area contributed by atoms with Crippen LogP contribution in [0.2, 0.25) is 0 Å². The summed E-state index contributed by atoms with van der Waals surface area (Å²) in [7, 11) is -1.74. The van der Waals surface area contributed by atoms with Gasteiger partial charge in [-0.05, 0) is 56.6 Å². The van der Waals surface area contributed by atoms with Crippen LogP contribution in [0.3, 0.4) is 0 Å². The van der Waals surface area contributed by atoms with Crippen LogP contribution in [0.15, 0.2) is 53.4 Å². The molecular formula is C28H37N5O6S. The number of aryl methyl sites for hydroxylation is 1. The molecule has 2 aliphatic rings. The number of piperidine rings is 1. The van der Waals surface area contributed by atoms with E-state index in [4.69, 9.17) is 0 Å². The third-order valence-electron chi connectivity index (χ3n) is 7.46. The van der Waals surface area contributed by atoms with E-state index in [1.807, 2.05) is 14.0 Å². The molecule has 3 amide bonds. The van der Waals surface area contributed by atoms with Crippen molar-refractivity contribution in [1.82, 2.24) is 19.4 Å². The molecule has 12 heteroatoms. The molecule has 1 unspecified atom stereocenters. The number of anilines is 1. The highest BCUT2D eigenvalue weighted by Gasteiger charge is 2.34. The SMILES string of the molecule is Cc1ccc(S(=O)(=O)N2CCCC(C(=O)N[C@@H](Cc3ccc(NC(=O)N4CCN(C)CC4)cc3)C(=O)O)C2)cc1. The van der Waals surface area contributed by atoms with Crippen LogP contribution in [0.1, 0.15) is 24.0 Å². The van der Waals surface area contributed by atoms with E-state index in [0.29, 0.717) is 43.7 Å². The maximum atomic E-state index is 13.1. The van der Waals surface area contributed by atoms with E-state index in [1.165, 1.54) is 4.31 Å². The number of aliphatic carboxylic acids is 1. The van der Waals surface area contributed by atoms with Gasteiger partial charge in [-0.15, -0.1) is 0 Å². The van der Waals surface area contributed by atoms with Gasteiger partial charge in [0.1, 0.15) is 6.04 Å². The van der Waals surface area contributed by atoms with E-state index in [2.05, 4.69) is 15.5 Å². The van der Waals surface area contributed by atoms with Gasteiger partial charge in [0.15, 0.2) is 0 Å². The molecular weight excluding hydrogens is 534 g/mol. The molecule has 216 valence electrons. The van der Waals surface area contributed by atoms with E-state index in [9.17, 15) is 27.9 Å². The summed E-state index contributed by atoms with van der Waals surface area (Å²) in [5, 5.41) is 15.3. The van der Waals surface area contributed by atoms with Crippen LogP contribution >= 0.6 is 0 Å². The second-order valence-corrected chi connectivity index (χ2v) is 12.5. The summed E-state index contributed by atoms with van der Waals surface area (Å²) in [6.45, 7) is 5.11. The fourth-order valence-corrected chi connectivity index (χ4v) is 6.42. The average Bonchev–Trinajstić information content (AvgIpc) is 2.94. The minimum atomic E-state index is -3.76. The number of nitrogens with one attached hydrogen (secondary N) is 2. The monoisotopic (exact) mass is 571 g/mol. The minimum absolute atomic E-state index is 0.00389. The van der Waals surface area contributed by atoms with Crippen LogP contribution in [-0.4, -0.2) is 97.9 Å². The molecule has 0 spiro atoms. The Kier molecular flexibility index (Phi) is 9.44. The summed E-state index contributed by atoms with van der Waals surface area (Å²) < 4.78 is 27.5. The Labute approximate surface area is 235 Å². The van der Waals surface area contributed by atoms with Crippen LogP contribution < -0.4 is 10.6 Å². The molecule has 2 saturated heterocycles. The summed E-state index contributed by atoms with van der Waals surface area (Å²) >= 11 is 0. The highest BCUT2D eigenvalue weighted by molar-refractivity contribution is 7.89. The number of hydrogen-bond donors (Lipinski definition) is 3. The molecule has 2 aliphatic heterocycles. The number of amides is 3. The summed E-state index contributed by atoms with van der Waals surface area (Å²) in [5.41, 5.74) is 2.22. The standard InChI is InChI=1S/C28H37N5O6S/c1-20-5-11-24(12-6-20)40(38,39)33-13-3-4-22(19-33)26(34)30-25(27(35)36)18-21-7-9-23(10-8-21)29-28(37)32-16-14-31(2)15-17-32/h5-12,22,25H,3-4,13-19H2,1-2H3,(H,29,37)(H,30,34)(H,35,36)/t22?,25-/m0/s1. The second kappa shape index (κ2) is 12.8. The number of carboxylic acids is 1. The molecule has 0 aliphatic carbocycles. The lowest BCUT2D eigenvalue weighted by Crippen LogP contribution is -2.50. The van der Waals surface area contributed by atoms with Crippen LogP contribution in [0.5, 0.6) is 0 Å². The highest BCUT2D eigenvalue weighted by atomic mass is 32.2. The molecule has 11 nitrogen and oxygen atoms in total. The number of piperazine rings is 1. The Morgan fingerprint density at radius 2 is 1.62 bits per heavy atom. The first-order valence-electron chi connectivity index (χ1n) is 13.5. The number of rotatable bonds is 8. The average molecular weight is 572 g/mol. The van der Waals surface area contributed by atoms with Gasteiger partial charge in [-0.3, -0.25) is 4.79 Å². The molecule has 40 heavy (non-hydrogen) atoms. The van der Waals surface area contributed by atoms with Crippen molar-refractivity contribution in [2.24, 2.45) is 5.92 Å². The number of carbonyl (C=O) groups excluding carboxylic acids is 2. The number of urea groups is 1. The largest absolute Gasteiger partial charge is 0.480 e. The Hall–Kier alpha value is -3.48. The van der Waals surface area contributed by atoms with E-state index < -0.39 is 33.9 Å². The van der Waals surface area contributed by atoms with Crippen molar-refractivity contribution in [3.8, 4) is 0 Å². The zero-order valence-electron chi connectivity index (χ0n) is 22.9. The smallest absolute Gasteiger partial charge is 0.326 e. The number of sulfonamides is 1. The number of likely N-dealkylation sites (N-methyl/N-ethyl adjacent to an activating group) is 1. The van der Waals surface area contributed by atoms with E-state index in [1.54, 1.807) is 53.4 Å². The molecule has 0 aromatic heterocycles. The molecule has 4 rings (SSSR count). The van der Waals surface area contributed by atoms with Gasteiger partial charge < -0.3 is 25.5 Å². The predicted octanol–water partition coefficient (Wildman–Crippen LogP) is 1.99. The molecule has 3 N–H and O–H groups in total. The van der Waals surface area contributed by atoms with Gasteiger partial charge in [-0.25, -0.2) is 18.0 Å². The summed E-state index contributed by atoms with van der Waals surface area (Å²) in [6.07, 6.45) is 1.02. The van der Waals surface area contributed by atoms with Gasteiger partial charge in [0.25, 0.3) is 0 Å². The molecule has 0 bridgehead atoms. The number of nitrogens with zero attached hydrogens (tertiary/aromatic N) is 3. The zero-order valence-corrected chi connectivity index (χ0v) is 23.7. The second-order valence-electron chi connectivity index (χ2n) is 10.5. The van der Waals surface area contributed by atoms with Crippen LogP contribution in [0.4, 0.5) is 10.5 Å². The zero-order chi connectivity index (χ0) is 28.9. The lowest BCUT2D eigenvalue weighted by Gasteiger charge is -2.32. The third kappa shape index (κ3) is 7.38. The van der Waals surface area contributed by atoms with E-state index >= 15 is 0 Å². The maximum Gasteiger partial charge on any atom is 0.326 e. The Balaban J connectivity index is 1.33. The number of carboxylic acid groups (broad SMARTS) is 1.